The highest BCUT2D eigenvalue weighted by Gasteiger charge is 2.29. The molecule has 0 radical (unpaired) electrons. The van der Waals surface area contributed by atoms with E-state index in [1.807, 2.05) is 0 Å². The lowest BCUT2D eigenvalue weighted by molar-refractivity contribution is -0.146. The molecule has 0 aliphatic carbocycles. The Bertz CT molecular complexity index is 432. The molecule has 2 nitrogen and oxygen atoms in total. The molecule has 0 aromatic heterocycles. The maximum Gasteiger partial charge on any atom is 0.309 e. The zero-order valence-electron chi connectivity index (χ0n) is 8.85. The lowest BCUT2D eigenvalue weighted by Crippen LogP contribution is -2.26. The Kier molecular flexibility index (Phi) is 3.97. The van der Waals surface area contributed by atoms with E-state index in [1.54, 1.807) is 13.8 Å². The van der Waals surface area contributed by atoms with Crippen LogP contribution in [0, 0.1) is 11.2 Å². The lowest BCUT2D eigenvalue weighted by Gasteiger charge is -2.20. The van der Waals surface area contributed by atoms with Gasteiger partial charge in [-0.1, -0.05) is 11.6 Å². The molecule has 5 heteroatoms. The van der Waals surface area contributed by atoms with E-state index in [4.69, 9.17) is 16.7 Å². The number of hydrogen-bond donors (Lipinski definition) is 1. The number of carbonyl (C=O) groups is 1. The quantitative estimate of drug-likeness (QED) is 0.860. The van der Waals surface area contributed by atoms with E-state index in [0.717, 1.165) is 0 Å². The number of hydrogen-bond acceptors (Lipinski definition) is 1. The van der Waals surface area contributed by atoms with E-state index in [9.17, 15) is 9.18 Å². The summed E-state index contributed by atoms with van der Waals surface area (Å²) < 4.78 is 14.0. The van der Waals surface area contributed by atoms with Gasteiger partial charge in [-0.3, -0.25) is 4.79 Å². The molecular formula is C11H11BrClFO2. The second kappa shape index (κ2) is 4.72. The minimum atomic E-state index is -1.03. The number of carboxylic acids is 1. The van der Waals surface area contributed by atoms with Crippen LogP contribution >= 0.6 is 27.5 Å². The first kappa shape index (κ1) is 13.5. The first-order valence-corrected chi connectivity index (χ1v) is 5.78. The van der Waals surface area contributed by atoms with E-state index in [-0.39, 0.29) is 6.42 Å². The van der Waals surface area contributed by atoms with Gasteiger partial charge in [-0.05, 0) is 48.3 Å². The first-order valence-electron chi connectivity index (χ1n) is 4.61. The fourth-order valence-electron chi connectivity index (χ4n) is 1.25. The normalized spacial score (nSPS) is 11.6. The van der Waals surface area contributed by atoms with Crippen LogP contribution in [0.3, 0.4) is 0 Å². The molecule has 0 fully saturated rings. The van der Waals surface area contributed by atoms with E-state index < -0.39 is 17.2 Å². The lowest BCUT2D eigenvalue weighted by atomic mass is 9.86. The second-order valence-electron chi connectivity index (χ2n) is 4.19. The molecule has 0 aliphatic heterocycles. The summed E-state index contributed by atoms with van der Waals surface area (Å²) in [5.41, 5.74) is -0.742. The van der Waals surface area contributed by atoms with Gasteiger partial charge >= 0.3 is 5.97 Å². The summed E-state index contributed by atoms with van der Waals surface area (Å²) in [4.78, 5) is 11.0. The van der Waals surface area contributed by atoms with Crippen molar-refractivity contribution in [2.45, 2.75) is 20.3 Å². The van der Waals surface area contributed by atoms with Crippen LogP contribution in [0.4, 0.5) is 4.39 Å². The van der Waals surface area contributed by atoms with Gasteiger partial charge in [0.15, 0.2) is 0 Å². The number of rotatable bonds is 3. The summed E-state index contributed by atoms with van der Waals surface area (Å²) in [5.74, 6) is -1.43. The largest absolute Gasteiger partial charge is 0.481 e. The highest BCUT2D eigenvalue weighted by atomic mass is 79.9. The second-order valence-corrected chi connectivity index (χ2v) is 5.39. The van der Waals surface area contributed by atoms with Crippen molar-refractivity contribution in [3.63, 3.8) is 0 Å². The number of halogens is 3. The van der Waals surface area contributed by atoms with E-state index in [2.05, 4.69) is 15.9 Å². The molecule has 1 N–H and O–H groups in total. The van der Waals surface area contributed by atoms with Gasteiger partial charge in [0.2, 0.25) is 0 Å². The molecule has 1 aromatic carbocycles. The van der Waals surface area contributed by atoms with Gasteiger partial charge in [-0.25, -0.2) is 4.39 Å². The summed E-state index contributed by atoms with van der Waals surface area (Å²) in [5, 5.41) is 9.36. The fourth-order valence-corrected chi connectivity index (χ4v) is 1.89. The van der Waals surface area contributed by atoms with Gasteiger partial charge < -0.3 is 5.11 Å². The van der Waals surface area contributed by atoms with Crippen LogP contribution in [-0.4, -0.2) is 11.1 Å². The average Bonchev–Trinajstić information content (AvgIpc) is 2.18. The summed E-state index contributed by atoms with van der Waals surface area (Å²) in [6.45, 7) is 3.09. The van der Waals surface area contributed by atoms with Crippen molar-refractivity contribution < 1.29 is 14.3 Å². The average molecular weight is 310 g/mol. The van der Waals surface area contributed by atoms with Crippen molar-refractivity contribution in [3.05, 3.63) is 33.0 Å². The van der Waals surface area contributed by atoms with E-state index in [0.29, 0.717) is 15.1 Å². The molecule has 0 heterocycles. The van der Waals surface area contributed by atoms with Crippen molar-refractivity contribution >= 4 is 33.5 Å². The predicted molar refractivity (Wildman–Crippen MR) is 64.2 cm³/mol. The Morgan fingerprint density at radius 1 is 1.56 bits per heavy atom. The summed E-state index contributed by atoms with van der Waals surface area (Å²) >= 11 is 9.00. The van der Waals surface area contributed by atoms with Crippen LogP contribution in [0.25, 0.3) is 0 Å². The van der Waals surface area contributed by atoms with Crippen LogP contribution in [0.5, 0.6) is 0 Å². The van der Waals surface area contributed by atoms with Crippen molar-refractivity contribution in [1.82, 2.24) is 0 Å². The van der Waals surface area contributed by atoms with Crippen molar-refractivity contribution in [2.75, 3.05) is 0 Å². The van der Waals surface area contributed by atoms with Crippen molar-refractivity contribution in [1.29, 1.82) is 0 Å². The van der Waals surface area contributed by atoms with Crippen LogP contribution in [0.15, 0.2) is 16.6 Å². The maximum atomic E-state index is 13.5. The summed E-state index contributed by atoms with van der Waals surface area (Å²) in [6, 6.07) is 2.67. The standard InChI is InChI=1S/C11H11BrClFO2/c1-11(2,10(15)16)5-6-8(14)4-3-7(13)9(6)12/h3-4H,5H2,1-2H3,(H,15,16). The minimum Gasteiger partial charge on any atom is -0.481 e. The number of aliphatic carboxylic acids is 1. The molecule has 0 saturated heterocycles. The zero-order valence-corrected chi connectivity index (χ0v) is 11.2. The smallest absolute Gasteiger partial charge is 0.309 e. The molecule has 1 rings (SSSR count). The van der Waals surface area contributed by atoms with Gasteiger partial charge in [0.1, 0.15) is 5.82 Å². The summed E-state index contributed by atoms with van der Waals surface area (Å²) in [6.07, 6.45) is 0.0787. The van der Waals surface area contributed by atoms with Crippen LogP contribution < -0.4 is 0 Å². The zero-order chi connectivity index (χ0) is 12.5. The van der Waals surface area contributed by atoms with Crippen LogP contribution in [0.1, 0.15) is 19.4 Å². The fraction of sp³-hybridized carbons (Fsp3) is 0.364. The molecule has 16 heavy (non-hydrogen) atoms. The monoisotopic (exact) mass is 308 g/mol. The molecule has 0 bridgehead atoms. The predicted octanol–water partition coefficient (Wildman–Crippen LogP) is 3.89. The Hall–Kier alpha value is -0.610. The Morgan fingerprint density at radius 2 is 2.12 bits per heavy atom. The Balaban J connectivity index is 3.15. The topological polar surface area (TPSA) is 37.3 Å². The van der Waals surface area contributed by atoms with E-state index >= 15 is 0 Å². The highest BCUT2D eigenvalue weighted by Crippen LogP contribution is 2.33. The van der Waals surface area contributed by atoms with Gasteiger partial charge in [-0.2, -0.15) is 0 Å². The van der Waals surface area contributed by atoms with Gasteiger partial charge in [-0.15, -0.1) is 0 Å². The van der Waals surface area contributed by atoms with Gasteiger partial charge in [0.25, 0.3) is 0 Å². The number of benzene rings is 1. The SMILES string of the molecule is CC(C)(Cc1c(F)ccc(Cl)c1Br)C(=O)O. The maximum absolute atomic E-state index is 13.5. The molecule has 0 saturated carbocycles. The molecule has 0 spiro atoms. The third kappa shape index (κ3) is 2.74. The van der Waals surface area contributed by atoms with Crippen LogP contribution in [0.2, 0.25) is 5.02 Å². The molecule has 0 unspecified atom stereocenters. The Labute approximate surface area is 107 Å². The molecule has 0 amide bonds. The van der Waals surface area contributed by atoms with Crippen molar-refractivity contribution in [2.24, 2.45) is 5.41 Å². The van der Waals surface area contributed by atoms with Crippen LogP contribution in [-0.2, 0) is 11.2 Å². The molecule has 88 valence electrons. The van der Waals surface area contributed by atoms with Gasteiger partial charge in [0.05, 0.1) is 10.4 Å². The minimum absolute atomic E-state index is 0.0787. The highest BCUT2D eigenvalue weighted by molar-refractivity contribution is 9.10. The first-order chi connectivity index (χ1) is 7.25. The summed E-state index contributed by atoms with van der Waals surface area (Å²) in [7, 11) is 0. The molecule has 1 aromatic rings. The molecular weight excluding hydrogens is 298 g/mol. The molecule has 0 atom stereocenters. The molecule has 0 aliphatic rings. The third-order valence-corrected chi connectivity index (χ3v) is 3.79. The number of carboxylic acid groups (broad SMARTS) is 1. The van der Waals surface area contributed by atoms with Gasteiger partial charge in [0, 0.05) is 10.0 Å². The van der Waals surface area contributed by atoms with Crippen molar-refractivity contribution in [3.8, 4) is 0 Å². The Morgan fingerprint density at radius 3 is 2.62 bits per heavy atom. The third-order valence-electron chi connectivity index (χ3n) is 2.34. The van der Waals surface area contributed by atoms with E-state index in [1.165, 1.54) is 12.1 Å².